The molecule has 2 heterocycles. The van der Waals surface area contributed by atoms with Gasteiger partial charge in [0.1, 0.15) is 0 Å². The van der Waals surface area contributed by atoms with Gasteiger partial charge in [0, 0.05) is 55.2 Å². The van der Waals surface area contributed by atoms with Crippen molar-refractivity contribution in [2.75, 3.05) is 14.7 Å². The van der Waals surface area contributed by atoms with Crippen LogP contribution < -0.4 is 31.1 Å². The third-order valence-electron chi connectivity index (χ3n) is 15.6. The lowest BCUT2D eigenvalue weighted by molar-refractivity contribution is 0.403. The molecule has 0 unspecified atom stereocenters. The minimum Gasteiger partial charge on any atom is -0.311 e. The molecule has 9 aromatic rings. The average molecular weight is 923 g/mol. The van der Waals surface area contributed by atoms with Crippen LogP contribution in [-0.4, -0.2) is 6.71 Å². The minimum atomic E-state index is -2.41. The van der Waals surface area contributed by atoms with Crippen LogP contribution in [0, 0.1) is 13.8 Å². The van der Waals surface area contributed by atoms with Gasteiger partial charge >= 0.3 is 0 Å². The van der Waals surface area contributed by atoms with Gasteiger partial charge in [0.15, 0.2) is 0 Å². The number of fused-ring (bicyclic) bond motifs is 5. The van der Waals surface area contributed by atoms with E-state index in [1.165, 1.54) is 22.2 Å². The van der Waals surface area contributed by atoms with E-state index < -0.39 is 6.85 Å². The molecule has 9 aromatic carbocycles. The van der Waals surface area contributed by atoms with Crippen molar-refractivity contribution in [1.82, 2.24) is 0 Å². The number of rotatable bonds is 7. The first-order chi connectivity index (χ1) is 35.4. The number of aryl methyl sites for hydroxylation is 2. The number of anilines is 9. The van der Waals surface area contributed by atoms with Crippen LogP contribution in [0.2, 0.25) is 0 Å². The largest absolute Gasteiger partial charge is 0.311 e. The van der Waals surface area contributed by atoms with Gasteiger partial charge in [0.25, 0.3) is 6.71 Å². The van der Waals surface area contributed by atoms with Gasteiger partial charge in [-0.1, -0.05) is 164 Å². The number of hydrogen-bond donors (Lipinski definition) is 0. The lowest BCUT2D eigenvalue weighted by Crippen LogP contribution is -2.61. The van der Waals surface area contributed by atoms with E-state index in [-0.39, 0.29) is 23.0 Å². The highest BCUT2D eigenvalue weighted by Gasteiger charge is 2.48. The van der Waals surface area contributed by atoms with E-state index >= 15 is 0 Å². The van der Waals surface area contributed by atoms with E-state index in [1.54, 1.807) is 0 Å². The fourth-order valence-electron chi connectivity index (χ4n) is 12.5. The van der Waals surface area contributed by atoms with Crippen molar-refractivity contribution < 1.29 is 4.11 Å². The third kappa shape index (κ3) is 7.41. The Labute approximate surface area is 426 Å². The predicted octanol–water partition coefficient (Wildman–Crippen LogP) is 16.4. The molecule has 3 aliphatic rings. The molecule has 0 saturated heterocycles. The molecule has 0 atom stereocenters. The van der Waals surface area contributed by atoms with Crippen molar-refractivity contribution >= 4 is 74.3 Å². The molecule has 0 radical (unpaired) electrons. The first kappa shape index (κ1) is 41.2. The zero-order valence-electron chi connectivity index (χ0n) is 45.2. The Kier molecular flexibility index (Phi) is 9.60. The van der Waals surface area contributed by atoms with Crippen molar-refractivity contribution in [2.45, 2.75) is 84.9 Å². The molecule has 0 amide bonds. The molecule has 2 aliphatic heterocycles. The Morgan fingerprint density at radius 2 is 1.01 bits per heavy atom. The fraction of sp³-hybridized carbons (Fsp3) is 0.194. The molecular weight excluding hydrogens is 858 g/mol. The summed E-state index contributed by atoms with van der Waals surface area (Å²) in [6.45, 7) is 15.9. The Morgan fingerprint density at radius 1 is 0.479 bits per heavy atom. The van der Waals surface area contributed by atoms with Crippen LogP contribution in [0.3, 0.4) is 0 Å². The highest BCUT2D eigenvalue weighted by Crippen LogP contribution is 2.54. The Balaban J connectivity index is 1.22. The van der Waals surface area contributed by atoms with Gasteiger partial charge in [-0.2, -0.15) is 0 Å². The van der Waals surface area contributed by atoms with Crippen LogP contribution in [0.25, 0.3) is 22.3 Å². The van der Waals surface area contributed by atoms with E-state index in [1.807, 2.05) is 12.1 Å². The molecule has 12 rings (SSSR count). The lowest BCUT2D eigenvalue weighted by Gasteiger charge is -2.46. The minimum absolute atomic E-state index is 0.0810. The SMILES string of the molecule is [2H]C([2H])([2H])c1cc2c3c(c1)N(c1ccc(C(C)(C)C)cc1-c1ccccc1)c1ccc(N(c4ccccc4)c4ccccc4)cc1B3c1cc3c(cc1N2c1ccc(-c2ccccc2)cc1C)C(C)(C)CC3(C)C. The van der Waals surface area contributed by atoms with E-state index in [0.717, 1.165) is 96.4 Å². The second-order valence-electron chi connectivity index (χ2n) is 22.4. The molecule has 0 aromatic heterocycles. The molecule has 0 fully saturated rings. The van der Waals surface area contributed by atoms with Gasteiger partial charge in [-0.05, 0) is 182 Å². The maximum Gasteiger partial charge on any atom is 0.252 e. The van der Waals surface area contributed by atoms with Gasteiger partial charge in [-0.15, -0.1) is 0 Å². The molecule has 0 bridgehead atoms. The van der Waals surface area contributed by atoms with E-state index in [9.17, 15) is 4.11 Å². The summed E-state index contributed by atoms with van der Waals surface area (Å²) in [6.07, 6.45) is 1.01. The molecule has 348 valence electrons. The maximum absolute atomic E-state index is 9.23. The second kappa shape index (κ2) is 16.5. The summed E-state index contributed by atoms with van der Waals surface area (Å²) in [5, 5.41) is 0. The summed E-state index contributed by atoms with van der Waals surface area (Å²) in [7, 11) is 0. The van der Waals surface area contributed by atoms with Gasteiger partial charge < -0.3 is 14.7 Å². The normalized spacial score (nSPS) is 15.7. The van der Waals surface area contributed by atoms with E-state index in [2.05, 4.69) is 258 Å². The number of para-hydroxylation sites is 2. The Morgan fingerprint density at radius 3 is 1.61 bits per heavy atom. The molecule has 4 heteroatoms. The summed E-state index contributed by atoms with van der Waals surface area (Å²) in [6, 6.07) is 72.1. The van der Waals surface area contributed by atoms with Gasteiger partial charge in [0.05, 0.1) is 5.69 Å². The van der Waals surface area contributed by atoms with Crippen LogP contribution in [-0.2, 0) is 16.2 Å². The highest BCUT2D eigenvalue weighted by atomic mass is 15.2. The van der Waals surface area contributed by atoms with E-state index in [0.29, 0.717) is 5.56 Å². The fourth-order valence-corrected chi connectivity index (χ4v) is 12.5. The monoisotopic (exact) mass is 923 g/mol. The van der Waals surface area contributed by atoms with Crippen LogP contribution in [0.4, 0.5) is 51.2 Å². The van der Waals surface area contributed by atoms with Crippen LogP contribution in [0.5, 0.6) is 0 Å². The van der Waals surface area contributed by atoms with Crippen LogP contribution in [0.1, 0.15) is 86.8 Å². The van der Waals surface area contributed by atoms with Crippen molar-refractivity contribution in [3.05, 3.63) is 228 Å². The number of nitrogens with zero attached hydrogens (tertiary/aromatic N) is 3. The molecule has 0 saturated carbocycles. The molecular formula is C67H62BN3. The zero-order valence-corrected chi connectivity index (χ0v) is 42.2. The van der Waals surface area contributed by atoms with Crippen molar-refractivity contribution in [3.8, 4) is 22.3 Å². The maximum atomic E-state index is 9.23. The van der Waals surface area contributed by atoms with Gasteiger partial charge in [-0.3, -0.25) is 0 Å². The highest BCUT2D eigenvalue weighted by molar-refractivity contribution is 7.00. The van der Waals surface area contributed by atoms with E-state index in [4.69, 9.17) is 0 Å². The van der Waals surface area contributed by atoms with Crippen molar-refractivity contribution in [2.24, 2.45) is 0 Å². The van der Waals surface area contributed by atoms with Gasteiger partial charge in [-0.25, -0.2) is 0 Å². The van der Waals surface area contributed by atoms with Crippen LogP contribution >= 0.6 is 0 Å². The standard InChI is InChI=1S/C67H62BN3/c1-44-36-62-64-63(37-44)71(59-34-31-49(65(3,4)5)39-53(59)47-24-16-11-17-25-47)60-35-32-52(69(50-26-18-12-19-27-50)51-28-20-13-21-29-51)40-56(60)68(64)57-41-54-55(67(8,9)43-66(54,6)7)42-61(57)70(62)58-33-30-48(38-45(58)2)46-22-14-10-15-23-46/h10-42H,43H2,1-9H3/i1D3. The van der Waals surface area contributed by atoms with Crippen molar-refractivity contribution in [3.63, 3.8) is 0 Å². The number of benzene rings is 9. The summed E-state index contributed by atoms with van der Waals surface area (Å²) in [4.78, 5) is 7.16. The van der Waals surface area contributed by atoms with Crippen molar-refractivity contribution in [1.29, 1.82) is 0 Å². The van der Waals surface area contributed by atoms with Gasteiger partial charge in [0.2, 0.25) is 0 Å². The summed E-state index contributed by atoms with van der Waals surface area (Å²) in [5.74, 6) is 0. The van der Waals surface area contributed by atoms with Crippen LogP contribution in [0.15, 0.2) is 200 Å². The average Bonchev–Trinajstić information content (AvgIpc) is 3.57. The summed E-state index contributed by atoms with van der Waals surface area (Å²) >= 11 is 0. The molecule has 0 spiro atoms. The smallest absolute Gasteiger partial charge is 0.252 e. The quantitative estimate of drug-likeness (QED) is 0.148. The first-order valence-electron chi connectivity index (χ1n) is 26.8. The first-order valence-corrected chi connectivity index (χ1v) is 25.3. The Hall–Kier alpha value is -7.56. The topological polar surface area (TPSA) is 9.72 Å². The third-order valence-corrected chi connectivity index (χ3v) is 15.6. The lowest BCUT2D eigenvalue weighted by atomic mass is 9.33. The Bertz CT molecular complexity index is 3600. The predicted molar refractivity (Wildman–Crippen MR) is 305 cm³/mol. The molecule has 0 N–H and O–H groups in total. The zero-order chi connectivity index (χ0) is 51.5. The molecule has 3 nitrogen and oxygen atoms in total. The summed E-state index contributed by atoms with van der Waals surface area (Å²) < 4.78 is 27.7. The second-order valence-corrected chi connectivity index (χ2v) is 22.4. The summed E-state index contributed by atoms with van der Waals surface area (Å²) in [5.41, 5.74) is 22.0. The number of hydrogen-bond acceptors (Lipinski definition) is 3. The molecule has 1 aliphatic carbocycles. The molecule has 71 heavy (non-hydrogen) atoms.